The van der Waals surface area contributed by atoms with Crippen LogP contribution in [0.3, 0.4) is 0 Å². The summed E-state index contributed by atoms with van der Waals surface area (Å²) in [6.45, 7) is 2.48. The van der Waals surface area contributed by atoms with Crippen molar-refractivity contribution in [2.75, 3.05) is 9.96 Å². The van der Waals surface area contributed by atoms with Crippen molar-refractivity contribution in [2.45, 2.75) is 25.4 Å². The lowest BCUT2D eigenvalue weighted by atomic mass is 9.83. The second-order valence-corrected chi connectivity index (χ2v) is 8.57. The van der Waals surface area contributed by atoms with Gasteiger partial charge in [0.1, 0.15) is 0 Å². The van der Waals surface area contributed by atoms with Gasteiger partial charge < -0.3 is 4.90 Å². The Hall–Kier alpha value is -3.89. The molecular formula is C29H26N2O2. The highest BCUT2D eigenvalue weighted by Crippen LogP contribution is 2.47. The van der Waals surface area contributed by atoms with Crippen LogP contribution < -0.4 is 9.96 Å². The number of benzene rings is 4. The van der Waals surface area contributed by atoms with Gasteiger partial charge in [-0.2, -0.15) is 0 Å². The Balaban J connectivity index is 1.68. The van der Waals surface area contributed by atoms with Crippen LogP contribution in [-0.4, -0.2) is 11.1 Å². The van der Waals surface area contributed by atoms with E-state index in [0.29, 0.717) is 18.7 Å². The van der Waals surface area contributed by atoms with Gasteiger partial charge in [0.15, 0.2) is 5.54 Å². The summed E-state index contributed by atoms with van der Waals surface area (Å²) in [7, 11) is 0. The molecule has 0 aliphatic carbocycles. The summed E-state index contributed by atoms with van der Waals surface area (Å²) in [5.74, 6) is -0.139. The number of hydroxylamine groups is 1. The molecule has 4 nitrogen and oxygen atoms in total. The summed E-state index contributed by atoms with van der Waals surface area (Å²) < 4.78 is 0. The summed E-state index contributed by atoms with van der Waals surface area (Å²) in [6, 6.07) is 35.2. The van der Waals surface area contributed by atoms with Crippen molar-refractivity contribution in [3.05, 3.63) is 131 Å². The van der Waals surface area contributed by atoms with E-state index < -0.39 is 5.54 Å². The molecule has 5 rings (SSSR count). The lowest BCUT2D eigenvalue weighted by molar-refractivity contribution is -0.125. The Labute approximate surface area is 194 Å². The molecule has 0 radical (unpaired) electrons. The summed E-state index contributed by atoms with van der Waals surface area (Å²) in [5, 5.41) is 12.9. The molecule has 1 N–H and O–H groups in total. The SMILES string of the molecule is Cc1cccc(C[C@]2(N(O)c3ccccc3)C(=O)N(Cc3ccccc3)c3ccccc32)c1. The molecule has 0 aromatic heterocycles. The lowest BCUT2D eigenvalue weighted by Crippen LogP contribution is -2.53. The van der Waals surface area contributed by atoms with Crippen LogP contribution in [0.15, 0.2) is 109 Å². The van der Waals surface area contributed by atoms with Gasteiger partial charge >= 0.3 is 0 Å². The highest BCUT2D eigenvalue weighted by Gasteiger charge is 2.55. The summed E-state index contributed by atoms with van der Waals surface area (Å²) in [4.78, 5) is 16.1. The average molecular weight is 435 g/mol. The second kappa shape index (κ2) is 8.57. The number of anilines is 2. The molecule has 0 saturated carbocycles. The van der Waals surface area contributed by atoms with Crippen LogP contribution in [0.4, 0.5) is 11.4 Å². The van der Waals surface area contributed by atoms with E-state index in [9.17, 15) is 10.0 Å². The first kappa shape index (κ1) is 21.0. The van der Waals surface area contributed by atoms with Crippen LogP contribution in [0.1, 0.15) is 22.3 Å². The molecule has 4 aromatic rings. The minimum absolute atomic E-state index is 0.139. The van der Waals surface area contributed by atoms with E-state index in [4.69, 9.17) is 0 Å². The lowest BCUT2D eigenvalue weighted by Gasteiger charge is -2.37. The summed E-state index contributed by atoms with van der Waals surface area (Å²) >= 11 is 0. The molecule has 0 unspecified atom stereocenters. The fraction of sp³-hybridized carbons (Fsp3) is 0.138. The Bertz CT molecular complexity index is 1270. The molecule has 1 heterocycles. The number of fused-ring (bicyclic) bond motifs is 1. The fourth-order valence-corrected chi connectivity index (χ4v) is 4.79. The van der Waals surface area contributed by atoms with Gasteiger partial charge in [0.2, 0.25) is 0 Å². The van der Waals surface area contributed by atoms with Crippen LogP contribution in [0.25, 0.3) is 0 Å². The average Bonchev–Trinajstić information content (AvgIpc) is 3.08. The highest BCUT2D eigenvalue weighted by atomic mass is 16.5. The Morgan fingerprint density at radius 1 is 0.788 bits per heavy atom. The van der Waals surface area contributed by atoms with Gasteiger partial charge in [-0.3, -0.25) is 10.0 Å². The number of carbonyl (C=O) groups excluding carboxylic acids is 1. The minimum Gasteiger partial charge on any atom is -0.305 e. The number of aryl methyl sites for hydroxylation is 1. The summed E-state index contributed by atoms with van der Waals surface area (Å²) in [6.07, 6.45) is 0.348. The Morgan fingerprint density at radius 2 is 1.42 bits per heavy atom. The molecule has 1 atom stereocenters. The van der Waals surface area contributed by atoms with Gasteiger partial charge in [0.25, 0.3) is 5.91 Å². The molecule has 0 saturated heterocycles. The third kappa shape index (κ3) is 3.69. The van der Waals surface area contributed by atoms with Gasteiger partial charge in [0.05, 0.1) is 17.9 Å². The van der Waals surface area contributed by atoms with Crippen molar-refractivity contribution in [1.29, 1.82) is 0 Å². The predicted molar refractivity (Wildman–Crippen MR) is 131 cm³/mol. The standard InChI is InChI=1S/C29H26N2O2/c1-22-11-10-14-24(19-22)20-29(31(33)25-15-6-3-7-16-25)26-17-8-9-18-27(26)30(28(29)32)21-23-12-4-2-5-13-23/h2-19,33H,20-21H2,1H3/t29-/m1/s1. The Kier molecular flexibility index (Phi) is 5.45. The normalized spacial score (nSPS) is 17.2. The maximum Gasteiger partial charge on any atom is 0.260 e. The number of hydrogen-bond donors (Lipinski definition) is 1. The van der Waals surface area contributed by atoms with Crippen molar-refractivity contribution >= 4 is 17.3 Å². The molecule has 164 valence electrons. The van der Waals surface area contributed by atoms with E-state index in [1.54, 1.807) is 4.90 Å². The third-order valence-electron chi connectivity index (χ3n) is 6.33. The van der Waals surface area contributed by atoms with Gasteiger partial charge in [0, 0.05) is 12.0 Å². The van der Waals surface area contributed by atoms with Crippen LogP contribution in [0, 0.1) is 6.92 Å². The zero-order valence-corrected chi connectivity index (χ0v) is 18.6. The van der Waals surface area contributed by atoms with Crippen LogP contribution in [0.5, 0.6) is 0 Å². The van der Waals surface area contributed by atoms with Crippen molar-refractivity contribution in [2.24, 2.45) is 0 Å². The van der Waals surface area contributed by atoms with E-state index in [-0.39, 0.29) is 5.91 Å². The molecule has 0 spiro atoms. The first-order valence-electron chi connectivity index (χ1n) is 11.1. The zero-order chi connectivity index (χ0) is 22.8. The molecule has 1 aliphatic rings. The van der Waals surface area contributed by atoms with Crippen molar-refractivity contribution in [3.8, 4) is 0 Å². The van der Waals surface area contributed by atoms with Crippen molar-refractivity contribution < 1.29 is 10.0 Å². The number of amides is 1. The maximum atomic E-state index is 14.3. The smallest absolute Gasteiger partial charge is 0.260 e. The summed E-state index contributed by atoms with van der Waals surface area (Å²) in [5.41, 5.74) is 4.08. The maximum absolute atomic E-state index is 14.3. The molecule has 4 aromatic carbocycles. The van der Waals surface area contributed by atoms with E-state index >= 15 is 0 Å². The quantitative estimate of drug-likeness (QED) is 0.386. The van der Waals surface area contributed by atoms with Crippen LogP contribution >= 0.6 is 0 Å². The van der Waals surface area contributed by atoms with Crippen molar-refractivity contribution in [1.82, 2.24) is 0 Å². The largest absolute Gasteiger partial charge is 0.305 e. The molecular weight excluding hydrogens is 408 g/mol. The molecule has 0 bridgehead atoms. The predicted octanol–water partition coefficient (Wildman–Crippen LogP) is 5.88. The van der Waals surface area contributed by atoms with Crippen LogP contribution in [-0.2, 0) is 23.3 Å². The number of para-hydroxylation sites is 2. The number of carbonyl (C=O) groups is 1. The topological polar surface area (TPSA) is 43.8 Å². The molecule has 4 heteroatoms. The van der Waals surface area contributed by atoms with E-state index in [0.717, 1.165) is 27.9 Å². The van der Waals surface area contributed by atoms with Crippen LogP contribution in [0.2, 0.25) is 0 Å². The van der Waals surface area contributed by atoms with Gasteiger partial charge in [-0.25, -0.2) is 5.06 Å². The molecule has 1 amide bonds. The minimum atomic E-state index is -1.28. The van der Waals surface area contributed by atoms with E-state index in [1.807, 2.05) is 110 Å². The molecule has 0 fully saturated rings. The molecule has 33 heavy (non-hydrogen) atoms. The fourth-order valence-electron chi connectivity index (χ4n) is 4.79. The molecule has 1 aliphatic heterocycles. The number of rotatable bonds is 6. The van der Waals surface area contributed by atoms with E-state index in [2.05, 4.69) is 6.07 Å². The first-order valence-corrected chi connectivity index (χ1v) is 11.1. The number of hydrogen-bond acceptors (Lipinski definition) is 3. The number of nitrogens with zero attached hydrogens (tertiary/aromatic N) is 2. The van der Waals surface area contributed by atoms with Gasteiger partial charge in [-0.15, -0.1) is 0 Å². The third-order valence-corrected chi connectivity index (χ3v) is 6.33. The van der Waals surface area contributed by atoms with Gasteiger partial charge in [-0.1, -0.05) is 96.6 Å². The Morgan fingerprint density at radius 3 is 2.15 bits per heavy atom. The second-order valence-electron chi connectivity index (χ2n) is 8.57. The van der Waals surface area contributed by atoms with E-state index in [1.165, 1.54) is 5.06 Å². The van der Waals surface area contributed by atoms with Crippen molar-refractivity contribution in [3.63, 3.8) is 0 Å². The monoisotopic (exact) mass is 434 g/mol. The highest BCUT2D eigenvalue weighted by molar-refractivity contribution is 6.09. The zero-order valence-electron chi connectivity index (χ0n) is 18.6. The first-order chi connectivity index (χ1) is 16.1. The van der Waals surface area contributed by atoms with Gasteiger partial charge in [-0.05, 0) is 36.2 Å².